The molecule has 17 heavy (non-hydrogen) atoms. The number of rotatable bonds is 1. The highest BCUT2D eigenvalue weighted by molar-refractivity contribution is 9.10. The van der Waals surface area contributed by atoms with Gasteiger partial charge in [0.05, 0.1) is 23.7 Å². The Morgan fingerprint density at radius 2 is 2.29 bits per heavy atom. The molecule has 3 rings (SSSR count). The Labute approximate surface area is 112 Å². The zero-order valence-electron chi connectivity index (χ0n) is 8.90. The summed E-state index contributed by atoms with van der Waals surface area (Å²) in [5.74, 6) is 0.205. The Morgan fingerprint density at radius 3 is 3.00 bits per heavy atom. The molecule has 0 radical (unpaired) electrons. The van der Waals surface area contributed by atoms with Crippen LogP contribution in [0, 0.1) is 17.2 Å². The lowest BCUT2D eigenvalue weighted by Gasteiger charge is -2.32. The smallest absolute Gasteiger partial charge is 0.129 e. The summed E-state index contributed by atoms with van der Waals surface area (Å²) in [4.78, 5) is 4.12. The molecule has 0 saturated heterocycles. The van der Waals surface area contributed by atoms with Crippen molar-refractivity contribution < 1.29 is 0 Å². The van der Waals surface area contributed by atoms with Gasteiger partial charge in [-0.3, -0.25) is 0 Å². The Bertz CT molecular complexity index is 622. The predicted molar refractivity (Wildman–Crippen MR) is 69.8 cm³/mol. The molecule has 0 aromatic carbocycles. The van der Waals surface area contributed by atoms with Gasteiger partial charge in [0, 0.05) is 22.1 Å². The summed E-state index contributed by atoms with van der Waals surface area (Å²) < 4.78 is 3.22. The fourth-order valence-corrected chi connectivity index (χ4v) is 3.00. The van der Waals surface area contributed by atoms with Gasteiger partial charge < -0.3 is 4.57 Å². The lowest BCUT2D eigenvalue weighted by Crippen LogP contribution is -2.25. The molecule has 1 fully saturated rings. The van der Waals surface area contributed by atoms with E-state index in [0.29, 0.717) is 11.2 Å². The van der Waals surface area contributed by atoms with Gasteiger partial charge >= 0.3 is 0 Å². The van der Waals surface area contributed by atoms with Gasteiger partial charge in [0.2, 0.25) is 0 Å². The summed E-state index contributed by atoms with van der Waals surface area (Å²) in [5.41, 5.74) is 1.07. The minimum atomic E-state index is 0.205. The van der Waals surface area contributed by atoms with Crippen molar-refractivity contribution in [2.24, 2.45) is 5.92 Å². The zero-order chi connectivity index (χ0) is 12.0. The number of hydrogen-bond donors (Lipinski definition) is 0. The molecule has 0 N–H and O–H groups in total. The first-order chi connectivity index (χ1) is 8.19. The third-order valence-corrected chi connectivity index (χ3v) is 4.17. The molecule has 1 aliphatic carbocycles. The quantitative estimate of drug-likeness (QED) is 0.749. The van der Waals surface area contributed by atoms with Crippen LogP contribution in [0.15, 0.2) is 22.9 Å². The first-order valence-electron chi connectivity index (χ1n) is 5.40. The molecule has 2 heterocycles. The van der Waals surface area contributed by atoms with Crippen molar-refractivity contribution in [1.29, 1.82) is 5.26 Å². The van der Waals surface area contributed by atoms with Crippen molar-refractivity contribution in [3.8, 4) is 6.07 Å². The fourth-order valence-electron chi connectivity index (χ4n) is 2.30. The minimum Gasteiger partial charge on any atom is -0.342 e. The number of aromatic nitrogens is 2. The highest BCUT2D eigenvalue weighted by Gasteiger charge is 2.31. The van der Waals surface area contributed by atoms with Gasteiger partial charge in [-0.1, -0.05) is 11.6 Å². The second kappa shape index (κ2) is 4.01. The van der Waals surface area contributed by atoms with Gasteiger partial charge in [-0.05, 0) is 34.8 Å². The van der Waals surface area contributed by atoms with Gasteiger partial charge in [0.25, 0.3) is 0 Å². The van der Waals surface area contributed by atoms with Crippen LogP contribution in [0.25, 0.3) is 10.9 Å². The van der Waals surface area contributed by atoms with Crippen LogP contribution in [-0.4, -0.2) is 9.55 Å². The largest absolute Gasteiger partial charge is 0.342 e. The van der Waals surface area contributed by atoms with Crippen LogP contribution in [0.1, 0.15) is 18.9 Å². The first-order valence-corrected chi connectivity index (χ1v) is 6.57. The molecule has 5 heteroatoms. The summed E-state index contributed by atoms with van der Waals surface area (Å²) in [5, 5.41) is 10.4. The maximum absolute atomic E-state index is 8.81. The van der Waals surface area contributed by atoms with E-state index in [0.717, 1.165) is 28.2 Å². The number of pyridine rings is 1. The number of nitrogens with zero attached hydrogens (tertiary/aromatic N) is 3. The van der Waals surface area contributed by atoms with Gasteiger partial charge in [0.1, 0.15) is 5.15 Å². The average Bonchev–Trinajstić information content (AvgIpc) is 2.55. The van der Waals surface area contributed by atoms with Crippen molar-refractivity contribution in [3.63, 3.8) is 0 Å². The van der Waals surface area contributed by atoms with E-state index in [2.05, 4.69) is 37.7 Å². The molecule has 0 aliphatic heterocycles. The number of halogens is 2. The predicted octanol–water partition coefficient (Wildman–Crippen LogP) is 3.93. The first kappa shape index (κ1) is 11.1. The van der Waals surface area contributed by atoms with E-state index in [-0.39, 0.29) is 5.92 Å². The van der Waals surface area contributed by atoms with Gasteiger partial charge in [-0.15, -0.1) is 0 Å². The number of nitriles is 1. The van der Waals surface area contributed by atoms with E-state index >= 15 is 0 Å². The van der Waals surface area contributed by atoms with E-state index < -0.39 is 0 Å². The van der Waals surface area contributed by atoms with Crippen molar-refractivity contribution in [2.75, 3.05) is 0 Å². The van der Waals surface area contributed by atoms with E-state index in [1.807, 2.05) is 6.07 Å². The average molecular weight is 311 g/mol. The molecular weight excluding hydrogens is 302 g/mol. The van der Waals surface area contributed by atoms with E-state index in [4.69, 9.17) is 16.9 Å². The van der Waals surface area contributed by atoms with Gasteiger partial charge in [-0.2, -0.15) is 5.26 Å². The maximum Gasteiger partial charge on any atom is 0.129 e. The van der Waals surface area contributed by atoms with E-state index in [9.17, 15) is 0 Å². The molecule has 86 valence electrons. The monoisotopic (exact) mass is 309 g/mol. The molecule has 1 saturated carbocycles. The second-order valence-corrected chi connectivity index (χ2v) is 5.60. The molecule has 2 aromatic rings. The Hall–Kier alpha value is -1.05. The van der Waals surface area contributed by atoms with Crippen LogP contribution in [0.5, 0.6) is 0 Å². The van der Waals surface area contributed by atoms with Crippen LogP contribution in [0.4, 0.5) is 0 Å². The molecule has 0 atom stereocenters. The number of hydrogen-bond acceptors (Lipinski definition) is 2. The topological polar surface area (TPSA) is 41.6 Å². The summed E-state index contributed by atoms with van der Waals surface area (Å²) in [6.07, 6.45) is 5.70. The maximum atomic E-state index is 8.81. The molecule has 0 amide bonds. The molecular formula is C12H9BrClN3. The molecule has 0 spiro atoms. The Kier molecular flexibility index (Phi) is 2.61. The third kappa shape index (κ3) is 1.74. The van der Waals surface area contributed by atoms with E-state index in [1.165, 1.54) is 0 Å². The molecule has 0 bridgehead atoms. The molecule has 1 aliphatic rings. The van der Waals surface area contributed by atoms with Gasteiger partial charge in [0.15, 0.2) is 0 Å². The molecule has 2 aromatic heterocycles. The summed E-state index contributed by atoms with van der Waals surface area (Å²) in [6, 6.07) is 4.58. The SMILES string of the molecule is N#CC1CC(n2cc(Br)c3cc(Cl)ncc32)C1. The lowest BCUT2D eigenvalue weighted by molar-refractivity contribution is 0.254. The van der Waals surface area contributed by atoms with Crippen molar-refractivity contribution in [2.45, 2.75) is 18.9 Å². The van der Waals surface area contributed by atoms with Crippen LogP contribution < -0.4 is 0 Å². The van der Waals surface area contributed by atoms with Crippen LogP contribution in [-0.2, 0) is 0 Å². The summed E-state index contributed by atoms with van der Waals surface area (Å²) in [6.45, 7) is 0. The highest BCUT2D eigenvalue weighted by Crippen LogP contribution is 2.41. The number of fused-ring (bicyclic) bond motifs is 1. The Balaban J connectivity index is 2.04. The van der Waals surface area contributed by atoms with E-state index in [1.54, 1.807) is 6.20 Å². The van der Waals surface area contributed by atoms with Crippen LogP contribution in [0.2, 0.25) is 5.15 Å². The summed E-state index contributed by atoms with van der Waals surface area (Å²) in [7, 11) is 0. The second-order valence-electron chi connectivity index (χ2n) is 4.36. The Morgan fingerprint density at radius 1 is 1.53 bits per heavy atom. The van der Waals surface area contributed by atoms with Crippen molar-refractivity contribution in [1.82, 2.24) is 9.55 Å². The van der Waals surface area contributed by atoms with Crippen LogP contribution in [0.3, 0.4) is 0 Å². The summed E-state index contributed by atoms with van der Waals surface area (Å²) >= 11 is 9.42. The van der Waals surface area contributed by atoms with Gasteiger partial charge in [-0.25, -0.2) is 4.98 Å². The normalized spacial score (nSPS) is 23.4. The standard InChI is InChI=1S/C12H9BrClN3/c13-10-6-17(8-1-7(2-8)4-15)11-5-16-12(14)3-9(10)11/h3,5-8H,1-2H2. The third-order valence-electron chi connectivity index (χ3n) is 3.33. The lowest BCUT2D eigenvalue weighted by atomic mass is 9.81. The minimum absolute atomic E-state index is 0.205. The molecule has 3 nitrogen and oxygen atoms in total. The molecule has 0 unspecified atom stereocenters. The zero-order valence-corrected chi connectivity index (χ0v) is 11.2. The fraction of sp³-hybridized carbons (Fsp3) is 0.333. The van der Waals surface area contributed by atoms with Crippen molar-refractivity contribution in [3.05, 3.63) is 28.1 Å². The highest BCUT2D eigenvalue weighted by atomic mass is 79.9. The van der Waals surface area contributed by atoms with Crippen molar-refractivity contribution >= 4 is 38.4 Å². The van der Waals surface area contributed by atoms with Crippen LogP contribution >= 0.6 is 27.5 Å².